The van der Waals surface area contributed by atoms with Gasteiger partial charge in [-0.15, -0.1) is 0 Å². The third-order valence-corrected chi connectivity index (χ3v) is 12.9. The number of piperazine rings is 1. The maximum atomic E-state index is 15.0. The third-order valence-electron chi connectivity index (χ3n) is 12.9. The summed E-state index contributed by atoms with van der Waals surface area (Å²) in [6.07, 6.45) is 4.18. The molecular weight excluding hydrogens is 965 g/mol. The van der Waals surface area contributed by atoms with Gasteiger partial charge in [0.2, 0.25) is 11.9 Å². The molecule has 5 amide bonds. The number of methoxy groups -OCH3 is 2. The average molecular weight is 1030 g/mol. The summed E-state index contributed by atoms with van der Waals surface area (Å²) in [5.74, 6) is 0.292. The van der Waals surface area contributed by atoms with Crippen LogP contribution in [0.4, 0.5) is 45.1 Å². The monoisotopic (exact) mass is 1030 g/mol. The number of fused-ring (bicyclic) bond motifs is 2. The van der Waals surface area contributed by atoms with E-state index in [9.17, 15) is 19.5 Å². The summed E-state index contributed by atoms with van der Waals surface area (Å²) in [5, 5.41) is 17.8. The zero-order valence-electron chi connectivity index (χ0n) is 43.3. The van der Waals surface area contributed by atoms with Crippen molar-refractivity contribution in [2.24, 2.45) is 0 Å². The first-order valence-corrected chi connectivity index (χ1v) is 25.0. The first kappa shape index (κ1) is 53.2. The van der Waals surface area contributed by atoms with Crippen molar-refractivity contribution in [3.8, 4) is 17.2 Å². The van der Waals surface area contributed by atoms with Crippen LogP contribution in [-0.4, -0.2) is 135 Å². The fourth-order valence-electron chi connectivity index (χ4n) is 9.13. The van der Waals surface area contributed by atoms with Crippen molar-refractivity contribution in [2.45, 2.75) is 53.8 Å². The number of carbonyl (C=O) groups excluding carboxylic acids is 4. The van der Waals surface area contributed by atoms with E-state index in [1.807, 2.05) is 19.1 Å². The van der Waals surface area contributed by atoms with Crippen LogP contribution in [0.1, 0.15) is 78.4 Å². The number of aliphatic hydroxyl groups is 1. The molecule has 1 fully saturated rings. The number of urea groups is 1. The topological polar surface area (TPSA) is 238 Å². The fraction of sp³-hybridized carbons (Fsp3) is 0.377. The lowest BCUT2D eigenvalue weighted by Crippen LogP contribution is -2.48. The zero-order valence-corrected chi connectivity index (χ0v) is 43.3. The number of likely N-dealkylation sites (N-methyl/N-ethyl adjacent to an activating group) is 2. The Morgan fingerprint density at radius 2 is 1.56 bits per heavy atom. The number of benzene rings is 3. The molecule has 22 nitrogen and oxygen atoms in total. The quantitative estimate of drug-likeness (QED) is 0.0406. The van der Waals surface area contributed by atoms with Crippen LogP contribution in [0.2, 0.25) is 0 Å². The van der Waals surface area contributed by atoms with Crippen LogP contribution >= 0.6 is 0 Å². The van der Waals surface area contributed by atoms with Crippen LogP contribution < -0.4 is 55.4 Å². The first-order chi connectivity index (χ1) is 36.4. The smallest absolute Gasteiger partial charge is 0.330 e. The van der Waals surface area contributed by atoms with E-state index in [0.717, 1.165) is 44.1 Å². The number of hydroxylamine groups is 2. The summed E-state index contributed by atoms with van der Waals surface area (Å²) in [7, 11) is 2.87. The molecule has 1 unspecified atom stereocenters. The Morgan fingerprint density at radius 1 is 0.813 bits per heavy atom. The van der Waals surface area contributed by atoms with E-state index < -0.39 is 24.1 Å². The molecule has 5 heterocycles. The SMILES string of the molecule is CCONC(=O)c1cc(OCCCN2C(=O)N(c3cc(OC)cc(C(=O)NOCC)c3OC)Cc3cnc(Nc4ccc(N5CCN(CC)CC5)cc4)nc32)cc(C2=Cc3cnc(NC(C)=O)cc3N(CC)C2O)c1. The van der Waals surface area contributed by atoms with E-state index in [1.165, 1.54) is 37.0 Å². The summed E-state index contributed by atoms with van der Waals surface area (Å²) in [6.45, 7) is 14.9. The maximum absolute atomic E-state index is 15.0. The summed E-state index contributed by atoms with van der Waals surface area (Å²) in [6, 6.07) is 17.4. The number of aromatic nitrogens is 3. The van der Waals surface area contributed by atoms with E-state index in [4.69, 9.17) is 28.9 Å². The van der Waals surface area contributed by atoms with Gasteiger partial charge in [-0.05, 0) is 93.9 Å². The average Bonchev–Trinajstić information content (AvgIpc) is 3.43. The van der Waals surface area contributed by atoms with Gasteiger partial charge in [0.05, 0.1) is 57.5 Å². The molecule has 3 aliphatic rings. The highest BCUT2D eigenvalue weighted by Gasteiger charge is 2.36. The minimum absolute atomic E-state index is 0.0189. The second-order valence-electron chi connectivity index (χ2n) is 17.6. The predicted molar refractivity (Wildman–Crippen MR) is 285 cm³/mol. The van der Waals surface area contributed by atoms with Crippen molar-refractivity contribution in [2.75, 3.05) is 110 Å². The summed E-state index contributed by atoms with van der Waals surface area (Å²) >= 11 is 0. The van der Waals surface area contributed by atoms with E-state index in [0.29, 0.717) is 57.6 Å². The molecular formula is C53H64N12O10. The Morgan fingerprint density at radius 3 is 2.24 bits per heavy atom. The zero-order chi connectivity index (χ0) is 53.2. The predicted octanol–water partition coefficient (Wildman–Crippen LogP) is 6.21. The van der Waals surface area contributed by atoms with Gasteiger partial charge in [-0.25, -0.2) is 25.7 Å². The largest absolute Gasteiger partial charge is 0.497 e. The number of nitrogens with one attached hydrogen (secondary N) is 4. The molecule has 22 heteroatoms. The highest BCUT2D eigenvalue weighted by molar-refractivity contribution is 6.08. The van der Waals surface area contributed by atoms with Crippen LogP contribution in [-0.2, 0) is 21.0 Å². The molecule has 1 atom stereocenters. The van der Waals surface area contributed by atoms with Crippen molar-refractivity contribution in [1.29, 1.82) is 0 Å². The lowest BCUT2D eigenvalue weighted by molar-refractivity contribution is -0.114. The van der Waals surface area contributed by atoms with Crippen LogP contribution in [0, 0.1) is 0 Å². The van der Waals surface area contributed by atoms with Crippen molar-refractivity contribution < 1.29 is 48.2 Å². The van der Waals surface area contributed by atoms with Crippen molar-refractivity contribution in [1.82, 2.24) is 30.8 Å². The van der Waals surface area contributed by atoms with Crippen LogP contribution in [0.5, 0.6) is 17.2 Å². The first-order valence-electron chi connectivity index (χ1n) is 25.0. The van der Waals surface area contributed by atoms with Crippen LogP contribution in [0.15, 0.2) is 73.1 Å². The second kappa shape index (κ2) is 24.3. The molecule has 75 heavy (non-hydrogen) atoms. The van der Waals surface area contributed by atoms with E-state index in [-0.39, 0.29) is 73.8 Å². The molecule has 2 aromatic heterocycles. The molecule has 0 bridgehead atoms. The lowest BCUT2D eigenvalue weighted by Gasteiger charge is -2.37. The molecule has 0 spiro atoms. The number of nitrogens with zero attached hydrogens (tertiary/aromatic N) is 8. The number of aliphatic hydroxyl groups excluding tert-OH is 1. The third kappa shape index (κ3) is 12.2. The fourth-order valence-corrected chi connectivity index (χ4v) is 9.13. The molecule has 0 aliphatic carbocycles. The molecule has 5 aromatic rings. The number of anilines is 7. The Labute approximate surface area is 435 Å². The molecule has 3 aromatic carbocycles. The van der Waals surface area contributed by atoms with E-state index >= 15 is 4.79 Å². The van der Waals surface area contributed by atoms with E-state index in [1.54, 1.807) is 67.5 Å². The minimum atomic E-state index is -1.15. The van der Waals surface area contributed by atoms with Gasteiger partial charge < -0.3 is 44.7 Å². The highest BCUT2D eigenvalue weighted by Crippen LogP contribution is 2.42. The summed E-state index contributed by atoms with van der Waals surface area (Å²) < 4.78 is 17.8. The Kier molecular flexibility index (Phi) is 17.3. The Bertz CT molecular complexity index is 2910. The maximum Gasteiger partial charge on any atom is 0.330 e. The van der Waals surface area contributed by atoms with Gasteiger partial charge in [-0.1, -0.05) is 6.92 Å². The number of carbonyl (C=O) groups is 4. The van der Waals surface area contributed by atoms with E-state index in [2.05, 4.69) is 60.4 Å². The number of pyridine rings is 1. The van der Waals surface area contributed by atoms with Gasteiger partial charge in [0.1, 0.15) is 23.1 Å². The lowest BCUT2D eigenvalue weighted by atomic mass is 9.94. The van der Waals surface area contributed by atoms with Crippen LogP contribution in [0.25, 0.3) is 11.6 Å². The number of hydrogen-bond acceptors (Lipinski definition) is 17. The Hall–Kier alpha value is -8.05. The van der Waals surface area contributed by atoms with Gasteiger partial charge in [-0.2, -0.15) is 4.98 Å². The van der Waals surface area contributed by atoms with Gasteiger partial charge in [0, 0.05) is 104 Å². The molecule has 1 saturated heterocycles. The number of rotatable bonds is 21. The van der Waals surface area contributed by atoms with Gasteiger partial charge in [-0.3, -0.25) is 33.9 Å². The van der Waals surface area contributed by atoms with Crippen LogP contribution in [0.3, 0.4) is 0 Å². The van der Waals surface area contributed by atoms with Crippen molar-refractivity contribution in [3.63, 3.8) is 0 Å². The molecule has 0 saturated carbocycles. The molecule has 5 N–H and O–H groups in total. The summed E-state index contributed by atoms with van der Waals surface area (Å²) in [5.41, 5.74) is 10.2. The molecule has 396 valence electrons. The van der Waals surface area contributed by atoms with Crippen molar-refractivity contribution >= 4 is 75.7 Å². The minimum Gasteiger partial charge on any atom is -0.497 e. The molecule has 0 radical (unpaired) electrons. The number of hydrogen-bond donors (Lipinski definition) is 5. The Balaban J connectivity index is 1.09. The normalized spacial score (nSPS) is 15.4. The summed E-state index contributed by atoms with van der Waals surface area (Å²) in [4.78, 5) is 87.7. The van der Waals surface area contributed by atoms with Crippen molar-refractivity contribution in [3.05, 3.63) is 101 Å². The van der Waals surface area contributed by atoms with Gasteiger partial charge >= 0.3 is 6.03 Å². The van der Waals surface area contributed by atoms with Gasteiger partial charge in [0.25, 0.3) is 11.8 Å². The number of amides is 5. The standard InChI is InChI=1S/C53H64N12O10/c1-8-61-18-20-62(21-19-61)39-15-13-38(14-16-39)57-52-55-31-37-32-65(45-28-40(71-6)27-43(47(45)72-7)50(68)60-75-11-4)53(70)64(48(37)58-52)17-12-22-73-41-24-34(23-35(25-41)49(67)59-74-10-3)42-26-36-30-54-46(56-33(5)66)29-44(36)63(9-2)51(42)69/h13-16,23-31,51,69H,8-12,17-22,32H2,1-7H3,(H,59,67)(H,60,68)(H,54,56,66)(H,55,57,58). The second-order valence-corrected chi connectivity index (χ2v) is 17.6. The van der Waals surface area contributed by atoms with Gasteiger partial charge in [0.15, 0.2) is 12.0 Å². The number of ether oxygens (including phenoxy) is 3. The highest BCUT2D eigenvalue weighted by atomic mass is 16.7. The molecule has 8 rings (SSSR count). The molecule has 3 aliphatic heterocycles.